The number of hydrazine groups is 1. The van der Waals surface area contributed by atoms with Crippen LogP contribution >= 0.6 is 0 Å². The minimum absolute atomic E-state index is 0.143. The number of methoxy groups -OCH3 is 1. The number of cyclic esters (lactones) is 1. The highest BCUT2D eigenvalue weighted by atomic mass is 16.5. The summed E-state index contributed by atoms with van der Waals surface area (Å²) in [4.78, 5) is 88.1. The number of pyridine rings is 1. The normalized spacial score (nSPS) is 24.7. The first kappa shape index (κ1) is 56.4. The number of nitrogens with zero attached hydrogens (tertiary/aromatic N) is 9. The van der Waals surface area contributed by atoms with Crippen LogP contribution in [-0.4, -0.2) is 198 Å². The molecule has 428 valence electrons. The molecule has 79 heavy (non-hydrogen) atoms. The Balaban J connectivity index is 0.956. The molecular weight excluding hydrogens is 1000 g/mol. The van der Waals surface area contributed by atoms with E-state index in [-0.39, 0.29) is 49.7 Å². The largest absolute Gasteiger partial charge is 0.464 e. The van der Waals surface area contributed by atoms with Gasteiger partial charge in [-0.25, -0.2) is 10.2 Å². The highest BCUT2D eigenvalue weighted by Gasteiger charge is 2.46. The first-order chi connectivity index (χ1) is 37.9. The van der Waals surface area contributed by atoms with E-state index in [1.54, 1.807) is 24.0 Å². The molecular formula is C60H85N11O8. The van der Waals surface area contributed by atoms with Gasteiger partial charge in [-0.05, 0) is 112 Å². The van der Waals surface area contributed by atoms with E-state index in [1.807, 2.05) is 20.0 Å². The number of piperazine rings is 1. The number of carbonyl (C=O) groups is 5. The highest BCUT2D eigenvalue weighted by molar-refractivity contribution is 5.96. The summed E-state index contributed by atoms with van der Waals surface area (Å²) in [7, 11) is 3.38. The van der Waals surface area contributed by atoms with Crippen molar-refractivity contribution in [3.8, 4) is 11.3 Å². The van der Waals surface area contributed by atoms with Gasteiger partial charge >= 0.3 is 12.0 Å². The van der Waals surface area contributed by atoms with Gasteiger partial charge in [0.05, 0.1) is 48.1 Å². The predicted octanol–water partition coefficient (Wildman–Crippen LogP) is 5.82. The van der Waals surface area contributed by atoms with Gasteiger partial charge in [0.2, 0.25) is 11.8 Å². The zero-order chi connectivity index (χ0) is 55.9. The summed E-state index contributed by atoms with van der Waals surface area (Å²) < 4.78 is 20.9. The second-order valence-corrected chi connectivity index (χ2v) is 24.4. The Bertz CT molecular complexity index is 2830. The van der Waals surface area contributed by atoms with Crippen LogP contribution in [0.15, 0.2) is 49.2 Å². The highest BCUT2D eigenvalue weighted by Crippen LogP contribution is 2.43. The number of amides is 5. The topological polar surface area (TPSA) is 178 Å². The molecule has 6 bridgehead atoms. The Labute approximate surface area is 466 Å². The van der Waals surface area contributed by atoms with Gasteiger partial charge in [0.1, 0.15) is 24.9 Å². The molecule has 10 rings (SSSR count). The monoisotopic (exact) mass is 1090 g/mol. The number of nitrogens with one attached hydrogen (secondary N) is 2. The average molecular weight is 1090 g/mol. The van der Waals surface area contributed by atoms with E-state index in [1.165, 1.54) is 28.8 Å². The zero-order valence-electron chi connectivity index (χ0n) is 48.1. The van der Waals surface area contributed by atoms with E-state index in [9.17, 15) is 24.0 Å². The second-order valence-electron chi connectivity index (χ2n) is 24.4. The molecule has 2 N–H and O–H groups in total. The van der Waals surface area contributed by atoms with Crippen molar-refractivity contribution in [2.45, 2.75) is 135 Å². The van der Waals surface area contributed by atoms with Crippen LogP contribution in [0.3, 0.4) is 0 Å². The Hall–Kier alpha value is -5.86. The number of benzene rings is 1. The Morgan fingerprint density at radius 1 is 1.00 bits per heavy atom. The summed E-state index contributed by atoms with van der Waals surface area (Å²) in [5.41, 5.74) is 10.8. The molecule has 1 aliphatic carbocycles. The van der Waals surface area contributed by atoms with E-state index in [0.29, 0.717) is 77.9 Å². The van der Waals surface area contributed by atoms with E-state index >= 15 is 0 Å². The van der Waals surface area contributed by atoms with E-state index in [0.717, 1.165) is 88.9 Å². The van der Waals surface area contributed by atoms with Crippen molar-refractivity contribution in [3.05, 3.63) is 66.0 Å². The van der Waals surface area contributed by atoms with Crippen LogP contribution in [0.2, 0.25) is 0 Å². The van der Waals surface area contributed by atoms with E-state index in [2.05, 4.69) is 94.6 Å². The molecule has 3 aromatic rings. The SMILES string of the molecule is C=CC(=O)N1COC2(CCN(C(=O)N(C)[C@H](C(=O)N[C@H]3CN4CCC=C(C4)c4ccc5c(c4)c(c(-c4cc(N6CCN(C7CC7)CC6)cnc4[C@H](C)OC)n5CC)CC(C)(C)COC(=O)[C@@H]4CCCN(N4)C3=O)C(C)C)CC2)C1. The van der Waals surface area contributed by atoms with Crippen molar-refractivity contribution in [1.29, 1.82) is 0 Å². The maximum Gasteiger partial charge on any atom is 0.324 e. The number of likely N-dealkylation sites (tertiary alicyclic amines) is 1. The third kappa shape index (κ3) is 11.8. The number of fused-ring (bicyclic) bond motifs is 6. The number of aromatic nitrogens is 2. The molecule has 19 heteroatoms. The van der Waals surface area contributed by atoms with Crippen LogP contribution in [0.4, 0.5) is 10.5 Å². The number of carbonyl (C=O) groups excluding carboxylic acids is 5. The lowest BCUT2D eigenvalue weighted by molar-refractivity contribution is -0.155. The molecule has 0 radical (unpaired) electrons. The molecule has 19 nitrogen and oxygen atoms in total. The van der Waals surface area contributed by atoms with Gasteiger partial charge in [-0.15, -0.1) is 0 Å². The minimum Gasteiger partial charge on any atom is -0.464 e. The zero-order valence-corrected chi connectivity index (χ0v) is 48.1. The fraction of sp³-hybridized carbons (Fsp3) is 0.633. The number of hydrogen-bond acceptors (Lipinski definition) is 13. The van der Waals surface area contributed by atoms with Gasteiger partial charge in [-0.1, -0.05) is 46.4 Å². The molecule has 8 heterocycles. The third-order valence-corrected chi connectivity index (χ3v) is 17.8. The summed E-state index contributed by atoms with van der Waals surface area (Å²) in [6.07, 6.45) is 11.4. The quantitative estimate of drug-likeness (QED) is 0.174. The Kier molecular flexibility index (Phi) is 16.6. The van der Waals surface area contributed by atoms with Crippen LogP contribution in [0.5, 0.6) is 0 Å². The lowest BCUT2D eigenvalue weighted by Gasteiger charge is -2.41. The number of hydrogen-bond donors (Lipinski definition) is 2. The molecule has 2 aromatic heterocycles. The number of anilines is 1. The van der Waals surface area contributed by atoms with Crippen LogP contribution in [0, 0.1) is 11.3 Å². The molecule has 5 fully saturated rings. The molecule has 7 aliphatic rings. The van der Waals surface area contributed by atoms with Crippen LogP contribution in [-0.2, 0) is 46.4 Å². The number of urea groups is 1. The number of esters is 1. The Morgan fingerprint density at radius 2 is 1.76 bits per heavy atom. The molecule has 1 spiro atoms. The summed E-state index contributed by atoms with van der Waals surface area (Å²) in [6.45, 7) is 24.0. The lowest BCUT2D eigenvalue weighted by Crippen LogP contribution is -2.64. The van der Waals surface area contributed by atoms with Gasteiger partial charge in [0.15, 0.2) is 0 Å². The average Bonchev–Trinajstić information content (AvgIpc) is 4.36. The molecule has 6 aliphatic heterocycles. The maximum atomic E-state index is 15.0. The predicted molar refractivity (Wildman–Crippen MR) is 304 cm³/mol. The molecule has 4 saturated heterocycles. The van der Waals surface area contributed by atoms with Gasteiger partial charge in [-0.2, -0.15) is 0 Å². The van der Waals surface area contributed by atoms with Crippen molar-refractivity contribution >= 4 is 51.9 Å². The van der Waals surface area contributed by atoms with E-state index in [4.69, 9.17) is 19.2 Å². The number of ether oxygens (including phenoxy) is 3. The summed E-state index contributed by atoms with van der Waals surface area (Å²) in [5.74, 6) is -1.71. The first-order valence-corrected chi connectivity index (χ1v) is 29.1. The molecule has 1 saturated carbocycles. The Morgan fingerprint density at radius 3 is 2.46 bits per heavy atom. The molecule has 1 aromatic carbocycles. The third-order valence-electron chi connectivity index (χ3n) is 17.8. The second kappa shape index (κ2) is 23.3. The summed E-state index contributed by atoms with van der Waals surface area (Å²) >= 11 is 0. The standard InChI is InChI=1S/C60H85N11O8/c1-10-51(72)69-36-60(79-38-69)20-24-68(25-21-60)58(76)64(8)53(39(3)4)55(73)62-49-35-65-22-12-14-42(34-65)41-16-19-50-45(30-41)47(32-59(6,7)37-78-57(75)48-15-13-23-71(63-48)56(49)74)54(70(50)11-2)46-31-44(33-61-52(46)40(5)77-9)67-28-26-66(27-29-67)43-17-18-43/h10,14,16,19,30-31,33,39-40,43,48-49,53,63H,1,11-13,15,17-18,20-29,32,34-38H2,2-9H3,(H,62,73)/t40-,48-,49-,53-/m0/s1. The van der Waals surface area contributed by atoms with E-state index < -0.39 is 41.0 Å². The molecule has 1 unspecified atom stereocenters. The van der Waals surface area contributed by atoms with Gasteiger partial charge in [-0.3, -0.25) is 39.0 Å². The number of likely N-dealkylation sites (N-methyl/N-ethyl adjacent to an activating group) is 1. The lowest BCUT2D eigenvalue weighted by atomic mass is 9.84. The first-order valence-electron chi connectivity index (χ1n) is 29.1. The van der Waals surface area contributed by atoms with Gasteiger partial charge in [0, 0.05) is 114 Å². The molecule has 5 atom stereocenters. The van der Waals surface area contributed by atoms with Crippen molar-refractivity contribution in [1.82, 2.24) is 49.8 Å². The van der Waals surface area contributed by atoms with Crippen molar-refractivity contribution < 1.29 is 38.2 Å². The van der Waals surface area contributed by atoms with Crippen molar-refractivity contribution in [2.75, 3.05) is 104 Å². The fourth-order valence-corrected chi connectivity index (χ4v) is 13.2. The minimum atomic E-state index is -1.02. The van der Waals surface area contributed by atoms with Crippen LogP contribution < -0.4 is 15.6 Å². The smallest absolute Gasteiger partial charge is 0.324 e. The van der Waals surface area contributed by atoms with Gasteiger partial charge < -0.3 is 43.7 Å². The van der Waals surface area contributed by atoms with Crippen molar-refractivity contribution in [2.24, 2.45) is 11.3 Å². The maximum absolute atomic E-state index is 15.0. The van der Waals surface area contributed by atoms with Gasteiger partial charge in [0.25, 0.3) is 5.91 Å². The fourth-order valence-electron chi connectivity index (χ4n) is 13.2. The summed E-state index contributed by atoms with van der Waals surface area (Å²) in [5, 5.41) is 5.76. The number of aryl methyl sites for hydroxylation is 1. The van der Waals surface area contributed by atoms with Crippen LogP contribution in [0.25, 0.3) is 27.7 Å². The number of rotatable bonds is 11. The number of piperidine rings is 1. The summed E-state index contributed by atoms with van der Waals surface area (Å²) in [6, 6.07) is 6.84. The van der Waals surface area contributed by atoms with Crippen LogP contribution in [0.1, 0.15) is 109 Å². The van der Waals surface area contributed by atoms with Crippen molar-refractivity contribution in [3.63, 3.8) is 0 Å². The molecule has 5 amide bonds.